The fraction of sp³-hybridized carbons (Fsp3) is 0.0952. The highest BCUT2D eigenvalue weighted by Gasteiger charge is 2.12. The van der Waals surface area contributed by atoms with E-state index in [2.05, 4.69) is 20.0 Å². The number of carbonyl (C=O) groups excluding carboxylic acids is 1. The molecule has 0 fully saturated rings. The number of fused-ring (bicyclic) bond motifs is 1. The number of imidazole rings is 1. The summed E-state index contributed by atoms with van der Waals surface area (Å²) in [5, 5.41) is 2.99. The highest BCUT2D eigenvalue weighted by Crippen LogP contribution is 2.24. The first kappa shape index (κ1) is 20.8. The molecule has 0 saturated heterocycles. The second-order valence-electron chi connectivity index (χ2n) is 6.88. The summed E-state index contributed by atoms with van der Waals surface area (Å²) in [7, 11) is -3.51. The van der Waals surface area contributed by atoms with Crippen LogP contribution in [0.5, 0.6) is 0 Å². The summed E-state index contributed by atoms with van der Waals surface area (Å²) in [6.45, 7) is 0.258. The summed E-state index contributed by atoms with van der Waals surface area (Å²) >= 11 is 6.00. The molecule has 2 aromatic heterocycles. The molecule has 0 aliphatic rings. The lowest BCUT2D eigenvalue weighted by atomic mass is 10.2. The standard InChI is InChI=1S/C21H18ClN5O3S/c1-31(29,30)26-18-10-15(7-8-16(18)22)21(28)24-12-14-6-9-20(23-11-14)27-13-25-17-4-2-3-5-19(17)27/h2-11,13,26H,12H2,1H3,(H,24,28). The van der Waals surface area contributed by atoms with Gasteiger partial charge in [-0.1, -0.05) is 29.8 Å². The smallest absolute Gasteiger partial charge is 0.251 e. The van der Waals surface area contributed by atoms with Gasteiger partial charge in [0.25, 0.3) is 5.91 Å². The number of nitrogens with zero attached hydrogens (tertiary/aromatic N) is 3. The van der Waals surface area contributed by atoms with Gasteiger partial charge in [-0.2, -0.15) is 0 Å². The van der Waals surface area contributed by atoms with Crippen LogP contribution in [0.15, 0.2) is 67.1 Å². The summed E-state index contributed by atoms with van der Waals surface area (Å²) < 4.78 is 27.1. The minimum Gasteiger partial charge on any atom is -0.348 e. The van der Waals surface area contributed by atoms with Gasteiger partial charge in [-0.3, -0.25) is 14.1 Å². The maximum absolute atomic E-state index is 12.5. The van der Waals surface area contributed by atoms with Crippen LogP contribution in [0.3, 0.4) is 0 Å². The zero-order valence-corrected chi connectivity index (χ0v) is 18.0. The molecule has 0 radical (unpaired) electrons. The molecule has 8 nitrogen and oxygen atoms in total. The van der Waals surface area contributed by atoms with E-state index in [1.54, 1.807) is 12.5 Å². The molecule has 2 heterocycles. The van der Waals surface area contributed by atoms with Gasteiger partial charge in [-0.25, -0.2) is 18.4 Å². The van der Waals surface area contributed by atoms with Gasteiger partial charge in [-0.05, 0) is 42.0 Å². The second kappa shape index (κ2) is 8.37. The van der Waals surface area contributed by atoms with Crippen molar-refractivity contribution in [3.05, 3.63) is 83.3 Å². The number of benzene rings is 2. The average Bonchev–Trinajstić information content (AvgIpc) is 3.17. The van der Waals surface area contributed by atoms with Crippen molar-refractivity contribution in [1.29, 1.82) is 0 Å². The zero-order chi connectivity index (χ0) is 22.0. The molecule has 4 rings (SSSR count). The number of sulfonamides is 1. The number of rotatable bonds is 6. The third-order valence-corrected chi connectivity index (χ3v) is 5.41. The molecular weight excluding hydrogens is 438 g/mol. The molecule has 0 aliphatic heterocycles. The SMILES string of the molecule is CS(=O)(=O)Nc1cc(C(=O)NCc2ccc(-n3cnc4ccccc43)nc2)ccc1Cl. The van der Waals surface area contributed by atoms with Gasteiger partial charge in [0.2, 0.25) is 10.0 Å². The van der Waals surface area contributed by atoms with Gasteiger partial charge in [0, 0.05) is 18.3 Å². The second-order valence-corrected chi connectivity index (χ2v) is 9.04. The molecule has 0 unspecified atom stereocenters. The third kappa shape index (κ3) is 4.84. The number of anilines is 1. The van der Waals surface area contributed by atoms with E-state index >= 15 is 0 Å². The predicted octanol–water partition coefficient (Wildman–Crippen LogP) is 3.38. The van der Waals surface area contributed by atoms with Gasteiger partial charge in [-0.15, -0.1) is 0 Å². The number of amides is 1. The summed E-state index contributed by atoms with van der Waals surface area (Å²) in [5.41, 5.74) is 3.08. The first-order chi connectivity index (χ1) is 14.8. The van der Waals surface area contributed by atoms with Crippen molar-refractivity contribution in [1.82, 2.24) is 19.9 Å². The number of hydrogen-bond donors (Lipinski definition) is 2. The van der Waals surface area contributed by atoms with Crippen LogP contribution in [0.2, 0.25) is 5.02 Å². The number of nitrogens with one attached hydrogen (secondary N) is 2. The largest absolute Gasteiger partial charge is 0.348 e. The predicted molar refractivity (Wildman–Crippen MR) is 120 cm³/mol. The lowest BCUT2D eigenvalue weighted by Gasteiger charge is -2.10. The van der Waals surface area contributed by atoms with Crippen LogP contribution in [0.25, 0.3) is 16.9 Å². The van der Waals surface area contributed by atoms with Crippen LogP contribution in [0.4, 0.5) is 5.69 Å². The minimum absolute atomic E-state index is 0.149. The Labute approximate surface area is 184 Å². The zero-order valence-electron chi connectivity index (χ0n) is 16.4. The lowest BCUT2D eigenvalue weighted by molar-refractivity contribution is 0.0951. The summed E-state index contributed by atoms with van der Waals surface area (Å²) in [6, 6.07) is 15.9. The van der Waals surface area contributed by atoms with E-state index in [4.69, 9.17) is 11.6 Å². The first-order valence-electron chi connectivity index (χ1n) is 9.23. The summed E-state index contributed by atoms with van der Waals surface area (Å²) in [4.78, 5) is 21.3. The van der Waals surface area contributed by atoms with Crippen LogP contribution < -0.4 is 10.0 Å². The Morgan fingerprint density at radius 2 is 1.90 bits per heavy atom. The van der Waals surface area contributed by atoms with Gasteiger partial charge in [0.05, 0.1) is 28.0 Å². The van der Waals surface area contributed by atoms with Crippen molar-refractivity contribution in [3.8, 4) is 5.82 Å². The molecule has 1 amide bonds. The van der Waals surface area contributed by atoms with Gasteiger partial charge < -0.3 is 5.32 Å². The normalized spacial score (nSPS) is 11.4. The number of pyridine rings is 1. The molecule has 0 bridgehead atoms. The van der Waals surface area contributed by atoms with Gasteiger partial charge >= 0.3 is 0 Å². The van der Waals surface area contributed by atoms with E-state index < -0.39 is 10.0 Å². The third-order valence-electron chi connectivity index (χ3n) is 4.49. The van der Waals surface area contributed by atoms with Crippen LogP contribution in [-0.2, 0) is 16.6 Å². The van der Waals surface area contributed by atoms with E-state index in [-0.39, 0.29) is 28.7 Å². The maximum Gasteiger partial charge on any atom is 0.251 e. The molecule has 0 saturated carbocycles. The van der Waals surface area contributed by atoms with Crippen LogP contribution in [0.1, 0.15) is 15.9 Å². The molecule has 0 atom stereocenters. The monoisotopic (exact) mass is 455 g/mol. The molecular formula is C21H18ClN5O3S. The maximum atomic E-state index is 12.5. The van der Waals surface area contributed by atoms with E-state index in [0.29, 0.717) is 0 Å². The van der Waals surface area contributed by atoms with Crippen molar-refractivity contribution in [2.24, 2.45) is 0 Å². The first-order valence-corrected chi connectivity index (χ1v) is 11.5. The molecule has 10 heteroatoms. The molecule has 158 valence electrons. The minimum atomic E-state index is -3.51. The van der Waals surface area contributed by atoms with Gasteiger partial charge in [0.1, 0.15) is 12.1 Å². The quantitative estimate of drug-likeness (QED) is 0.463. The molecule has 2 aromatic carbocycles. The Balaban J connectivity index is 1.45. The van der Waals surface area contributed by atoms with Crippen molar-refractivity contribution in [3.63, 3.8) is 0 Å². The fourth-order valence-corrected chi connectivity index (χ4v) is 3.82. The molecule has 31 heavy (non-hydrogen) atoms. The van der Waals surface area contributed by atoms with Crippen molar-refractivity contribution in [2.45, 2.75) is 6.54 Å². The number of para-hydroxylation sites is 2. The van der Waals surface area contributed by atoms with Gasteiger partial charge in [0.15, 0.2) is 0 Å². The summed E-state index contributed by atoms with van der Waals surface area (Å²) in [5.74, 6) is 0.357. The van der Waals surface area contributed by atoms with E-state index in [1.807, 2.05) is 41.0 Å². The van der Waals surface area contributed by atoms with Crippen LogP contribution >= 0.6 is 11.6 Å². The molecule has 2 N–H and O–H groups in total. The lowest BCUT2D eigenvalue weighted by Crippen LogP contribution is -2.23. The Morgan fingerprint density at radius 3 is 2.65 bits per heavy atom. The Hall–Kier alpha value is -3.43. The molecule has 4 aromatic rings. The summed E-state index contributed by atoms with van der Waals surface area (Å²) in [6.07, 6.45) is 4.42. The molecule has 0 aliphatic carbocycles. The average molecular weight is 456 g/mol. The van der Waals surface area contributed by atoms with Crippen molar-refractivity contribution < 1.29 is 13.2 Å². The fourth-order valence-electron chi connectivity index (χ4n) is 3.03. The number of carbonyl (C=O) groups is 1. The molecule has 0 spiro atoms. The highest BCUT2D eigenvalue weighted by atomic mass is 35.5. The van der Waals surface area contributed by atoms with Crippen molar-refractivity contribution in [2.75, 3.05) is 11.0 Å². The van der Waals surface area contributed by atoms with Crippen LogP contribution in [0, 0.1) is 0 Å². The van der Waals surface area contributed by atoms with E-state index in [9.17, 15) is 13.2 Å². The number of hydrogen-bond acceptors (Lipinski definition) is 5. The van der Waals surface area contributed by atoms with E-state index in [1.165, 1.54) is 18.2 Å². The van der Waals surface area contributed by atoms with Crippen molar-refractivity contribution >= 4 is 44.3 Å². The topological polar surface area (TPSA) is 106 Å². The highest BCUT2D eigenvalue weighted by molar-refractivity contribution is 7.92. The number of halogens is 1. The Bertz CT molecular complexity index is 1370. The van der Waals surface area contributed by atoms with E-state index in [0.717, 1.165) is 28.7 Å². The Morgan fingerprint density at radius 1 is 1.10 bits per heavy atom. The van der Waals surface area contributed by atoms with Crippen LogP contribution in [-0.4, -0.2) is 35.1 Å². The Kier molecular flexibility index (Phi) is 5.62. The number of aromatic nitrogens is 3.